The highest BCUT2D eigenvalue weighted by molar-refractivity contribution is 6.81. The molecule has 0 N–H and O–H groups in total. The normalized spacial score (nSPS) is 12.2. The van der Waals surface area contributed by atoms with Gasteiger partial charge in [0.25, 0.3) is 5.69 Å². The van der Waals surface area contributed by atoms with E-state index in [2.05, 4.69) is 25.3 Å². The lowest BCUT2D eigenvalue weighted by Crippen LogP contribution is -2.26. The molecule has 1 amide bonds. The number of amides is 1. The average Bonchev–Trinajstić information content (AvgIpc) is 2.64. The fourth-order valence-electron chi connectivity index (χ4n) is 2.66. The molecule has 0 spiro atoms. The van der Waals surface area contributed by atoms with Gasteiger partial charge in [0.2, 0.25) is 5.91 Å². The molecule has 2 rings (SSSR count). The van der Waals surface area contributed by atoms with Crippen molar-refractivity contribution in [3.05, 3.63) is 93.7 Å². The summed E-state index contributed by atoms with van der Waals surface area (Å²) in [5.74, 6) is -0.0881. The van der Waals surface area contributed by atoms with E-state index < -0.39 is 13.0 Å². The van der Waals surface area contributed by atoms with Gasteiger partial charge in [-0.1, -0.05) is 61.7 Å². The molecular weight excluding hydrogens is 368 g/mol. The van der Waals surface area contributed by atoms with Crippen LogP contribution in [-0.4, -0.2) is 23.8 Å². The number of benzene rings is 2. The molecule has 0 bridgehead atoms. The molecule has 0 aliphatic heterocycles. The van der Waals surface area contributed by atoms with Gasteiger partial charge in [0.15, 0.2) is 0 Å². The number of carbonyl (C=O) groups is 1. The molecule has 2 aromatic carbocycles. The maximum atomic E-state index is 12.5. The van der Waals surface area contributed by atoms with Crippen LogP contribution >= 0.6 is 0 Å². The Morgan fingerprint density at radius 1 is 1.07 bits per heavy atom. The second-order valence-electron chi connectivity index (χ2n) is 7.67. The highest BCUT2D eigenvalue weighted by atomic mass is 28.3. The lowest BCUT2D eigenvalue weighted by Gasteiger charge is -2.25. The number of nitrogens with zero attached hydrogens (tertiary/aromatic N) is 2. The van der Waals surface area contributed by atoms with Crippen molar-refractivity contribution in [2.24, 2.45) is 0 Å². The van der Waals surface area contributed by atoms with E-state index in [-0.39, 0.29) is 11.6 Å². The number of hydrogen-bond donors (Lipinski definition) is 0. The topological polar surface area (TPSA) is 63.5 Å². The van der Waals surface area contributed by atoms with Crippen LogP contribution in [0.1, 0.15) is 18.1 Å². The van der Waals surface area contributed by atoms with Crippen LogP contribution in [0.2, 0.25) is 19.6 Å². The van der Waals surface area contributed by atoms with Crippen LogP contribution in [0.3, 0.4) is 0 Å². The minimum absolute atomic E-state index is 0.0261. The summed E-state index contributed by atoms with van der Waals surface area (Å²) in [7, 11) is -1.40. The van der Waals surface area contributed by atoms with E-state index in [0.717, 1.165) is 16.8 Å². The third-order valence-corrected chi connectivity index (χ3v) is 5.27. The highest BCUT2D eigenvalue weighted by Gasteiger charge is 2.17. The van der Waals surface area contributed by atoms with Crippen molar-refractivity contribution in [1.82, 2.24) is 4.90 Å². The fourth-order valence-corrected chi connectivity index (χ4v) is 3.33. The summed E-state index contributed by atoms with van der Waals surface area (Å²) in [4.78, 5) is 24.7. The molecule has 28 heavy (non-hydrogen) atoms. The Morgan fingerprint density at radius 3 is 2.18 bits per heavy atom. The van der Waals surface area contributed by atoms with E-state index in [9.17, 15) is 14.9 Å². The predicted octanol–water partition coefficient (Wildman–Crippen LogP) is 5.42. The van der Waals surface area contributed by atoms with Crippen LogP contribution in [0.15, 0.2) is 72.4 Å². The smallest absolute Gasteiger partial charge is 0.269 e. The summed E-state index contributed by atoms with van der Waals surface area (Å²) < 4.78 is 0. The molecule has 0 heterocycles. The largest absolute Gasteiger partial charge is 0.308 e. The van der Waals surface area contributed by atoms with Crippen molar-refractivity contribution in [2.45, 2.75) is 33.1 Å². The van der Waals surface area contributed by atoms with Crippen LogP contribution in [0.25, 0.3) is 5.70 Å². The molecule has 146 valence electrons. The zero-order valence-corrected chi connectivity index (χ0v) is 17.8. The molecule has 0 aromatic heterocycles. The molecule has 0 radical (unpaired) electrons. The van der Waals surface area contributed by atoms with Crippen LogP contribution in [0.5, 0.6) is 0 Å². The van der Waals surface area contributed by atoms with E-state index in [4.69, 9.17) is 0 Å². The number of nitro groups is 1. The van der Waals surface area contributed by atoms with Crippen LogP contribution in [-0.2, 0) is 11.3 Å². The standard InChI is InChI=1S/C22H26N2O3Si/c1-18(25)23(17-19-9-6-5-7-10-19)22(11-8-16-28(2,3)4)20-12-14-21(15-13-20)24(26)27/h5-16H,17H2,1-4H3/b16-8+,22-11-. The first-order chi connectivity index (χ1) is 13.2. The van der Waals surface area contributed by atoms with E-state index in [0.29, 0.717) is 6.54 Å². The highest BCUT2D eigenvalue weighted by Crippen LogP contribution is 2.25. The van der Waals surface area contributed by atoms with Crippen LogP contribution in [0, 0.1) is 10.1 Å². The summed E-state index contributed by atoms with van der Waals surface area (Å²) in [5, 5.41) is 11.0. The Labute approximate surface area is 167 Å². The van der Waals surface area contributed by atoms with Crippen molar-refractivity contribution < 1.29 is 9.72 Å². The number of carbonyl (C=O) groups excluding carboxylic acids is 1. The van der Waals surface area contributed by atoms with Crippen molar-refractivity contribution in [1.29, 1.82) is 0 Å². The molecule has 0 unspecified atom stereocenters. The first-order valence-electron chi connectivity index (χ1n) is 9.14. The zero-order valence-electron chi connectivity index (χ0n) is 16.8. The van der Waals surface area contributed by atoms with Gasteiger partial charge in [0.05, 0.1) is 25.2 Å². The molecule has 2 aromatic rings. The van der Waals surface area contributed by atoms with Gasteiger partial charge in [-0.2, -0.15) is 0 Å². The Morgan fingerprint density at radius 2 is 1.68 bits per heavy atom. The summed E-state index contributed by atoms with van der Waals surface area (Å²) in [6.45, 7) is 8.66. The number of hydrogen-bond acceptors (Lipinski definition) is 3. The van der Waals surface area contributed by atoms with Crippen molar-refractivity contribution in [3.8, 4) is 0 Å². The summed E-state index contributed by atoms with van der Waals surface area (Å²) in [6, 6.07) is 16.1. The molecule has 0 saturated carbocycles. The van der Waals surface area contributed by atoms with Crippen molar-refractivity contribution >= 4 is 25.4 Å². The van der Waals surface area contributed by atoms with Gasteiger partial charge < -0.3 is 4.90 Å². The van der Waals surface area contributed by atoms with Gasteiger partial charge in [0.1, 0.15) is 0 Å². The quantitative estimate of drug-likeness (QED) is 0.273. The maximum Gasteiger partial charge on any atom is 0.269 e. The monoisotopic (exact) mass is 394 g/mol. The van der Waals surface area contributed by atoms with E-state index in [1.165, 1.54) is 19.1 Å². The predicted molar refractivity (Wildman–Crippen MR) is 116 cm³/mol. The number of allylic oxidation sites excluding steroid dienone is 2. The average molecular weight is 395 g/mol. The van der Waals surface area contributed by atoms with Crippen molar-refractivity contribution in [2.75, 3.05) is 0 Å². The van der Waals surface area contributed by atoms with Gasteiger partial charge in [-0.15, -0.1) is 0 Å². The Kier molecular flexibility index (Phi) is 7.06. The summed E-state index contributed by atoms with van der Waals surface area (Å²) in [5.41, 5.74) is 4.72. The molecule has 6 heteroatoms. The molecule has 5 nitrogen and oxygen atoms in total. The zero-order chi connectivity index (χ0) is 20.7. The third kappa shape index (κ3) is 6.31. The number of rotatable bonds is 7. The second kappa shape index (κ2) is 9.28. The van der Waals surface area contributed by atoms with Crippen molar-refractivity contribution in [3.63, 3.8) is 0 Å². The van der Waals surface area contributed by atoms with Gasteiger partial charge >= 0.3 is 0 Å². The van der Waals surface area contributed by atoms with Gasteiger partial charge in [-0.05, 0) is 29.3 Å². The summed E-state index contributed by atoms with van der Waals surface area (Å²) >= 11 is 0. The third-order valence-electron chi connectivity index (χ3n) is 4.08. The number of non-ortho nitro benzene ring substituents is 1. The summed E-state index contributed by atoms with van der Waals surface area (Å²) in [6.07, 6.45) is 3.91. The SMILES string of the molecule is CC(=O)N(Cc1ccccc1)/C(=C\C=C\[Si](C)(C)C)c1ccc([N+](=O)[O-])cc1. The van der Waals surface area contributed by atoms with Crippen LogP contribution in [0.4, 0.5) is 5.69 Å². The lowest BCUT2D eigenvalue weighted by molar-refractivity contribution is -0.384. The fraction of sp³-hybridized carbons (Fsp3) is 0.227. The molecule has 0 saturated heterocycles. The van der Waals surface area contributed by atoms with Gasteiger partial charge in [-0.25, -0.2) is 0 Å². The van der Waals surface area contributed by atoms with E-state index >= 15 is 0 Å². The molecule has 0 atom stereocenters. The van der Waals surface area contributed by atoms with E-state index in [1.807, 2.05) is 42.5 Å². The Bertz CT molecular complexity index is 882. The maximum absolute atomic E-state index is 12.5. The Hall–Kier alpha value is -2.99. The molecular formula is C22H26N2O3Si. The van der Waals surface area contributed by atoms with Gasteiger partial charge in [0, 0.05) is 19.1 Å². The minimum Gasteiger partial charge on any atom is -0.308 e. The Balaban J connectivity index is 2.48. The second-order valence-corrected chi connectivity index (χ2v) is 12.7. The molecule has 0 aliphatic rings. The first kappa shape index (κ1) is 21.3. The van der Waals surface area contributed by atoms with E-state index in [1.54, 1.807) is 17.0 Å². The van der Waals surface area contributed by atoms with Gasteiger partial charge in [-0.3, -0.25) is 14.9 Å². The lowest BCUT2D eigenvalue weighted by atomic mass is 10.1. The first-order valence-corrected chi connectivity index (χ1v) is 12.7. The molecule has 0 aliphatic carbocycles. The van der Waals surface area contributed by atoms with Crippen LogP contribution < -0.4 is 0 Å². The number of nitro benzene ring substituents is 1. The molecule has 0 fully saturated rings. The minimum atomic E-state index is -1.40.